The zero-order chi connectivity index (χ0) is 22.0. The third-order valence-electron chi connectivity index (χ3n) is 3.38. The summed E-state index contributed by atoms with van der Waals surface area (Å²) in [6.07, 6.45) is -0.287. The normalized spacial score (nSPS) is 12.9. The molecule has 0 aliphatic rings. The van der Waals surface area contributed by atoms with E-state index in [0.29, 0.717) is 23.6 Å². The minimum absolute atomic E-state index is 0.0250. The number of hydrogen-bond acceptors (Lipinski definition) is 10. The number of nitrogens with zero attached hydrogens (tertiary/aromatic N) is 3. The molecule has 1 aromatic rings. The van der Waals surface area contributed by atoms with Crippen LogP contribution in [-0.2, 0) is 14.4 Å². The molecule has 7 N–H and O–H groups in total. The van der Waals surface area contributed by atoms with Gasteiger partial charge in [-0.1, -0.05) is 11.8 Å². The van der Waals surface area contributed by atoms with E-state index in [4.69, 9.17) is 10.8 Å². The van der Waals surface area contributed by atoms with Crippen molar-refractivity contribution in [3.05, 3.63) is 0 Å². The Morgan fingerprint density at radius 3 is 2.31 bits per heavy atom. The molecule has 0 saturated heterocycles. The van der Waals surface area contributed by atoms with Gasteiger partial charge in [-0.05, 0) is 27.2 Å². The predicted octanol–water partition coefficient (Wildman–Crippen LogP) is -0.0227. The fraction of sp³-hybridized carbons (Fsp3) is 0.625. The van der Waals surface area contributed by atoms with E-state index in [-0.39, 0.29) is 24.6 Å². The highest BCUT2D eigenvalue weighted by molar-refractivity contribution is 7.99. The van der Waals surface area contributed by atoms with Crippen LogP contribution in [0, 0.1) is 0 Å². The first-order chi connectivity index (χ1) is 13.6. The SMILES string of the molecule is CCNc1nc(NC(C)C)nc(SC[C@H](NC(=O)CC[C@H](N)C(=O)O)C(=O)O)n1. The summed E-state index contributed by atoms with van der Waals surface area (Å²) in [4.78, 5) is 46.8. The summed E-state index contributed by atoms with van der Waals surface area (Å²) in [5.74, 6) is -2.36. The van der Waals surface area contributed by atoms with Crippen LogP contribution in [0.5, 0.6) is 0 Å². The minimum Gasteiger partial charge on any atom is -0.480 e. The van der Waals surface area contributed by atoms with E-state index in [2.05, 4.69) is 30.9 Å². The molecular weight excluding hydrogens is 402 g/mol. The van der Waals surface area contributed by atoms with Crippen molar-refractivity contribution in [2.45, 2.75) is 56.9 Å². The van der Waals surface area contributed by atoms with Crippen LogP contribution in [0.2, 0.25) is 0 Å². The number of carboxylic acids is 2. The van der Waals surface area contributed by atoms with Crippen molar-refractivity contribution in [3.8, 4) is 0 Å². The van der Waals surface area contributed by atoms with Gasteiger partial charge in [0.15, 0.2) is 5.16 Å². The summed E-state index contributed by atoms with van der Waals surface area (Å²) in [6, 6.07) is -2.29. The number of aliphatic carboxylic acids is 2. The highest BCUT2D eigenvalue weighted by Crippen LogP contribution is 2.18. The molecule has 0 saturated carbocycles. The molecule has 0 fully saturated rings. The Morgan fingerprint density at radius 1 is 1.10 bits per heavy atom. The number of carbonyl (C=O) groups is 3. The van der Waals surface area contributed by atoms with Crippen LogP contribution >= 0.6 is 11.8 Å². The van der Waals surface area contributed by atoms with Crippen LogP contribution in [0.15, 0.2) is 5.16 Å². The second kappa shape index (κ2) is 12.0. The monoisotopic (exact) mass is 429 g/mol. The molecule has 0 bridgehead atoms. The minimum atomic E-state index is -1.23. The van der Waals surface area contributed by atoms with Crippen LogP contribution in [0.25, 0.3) is 0 Å². The Labute approximate surface area is 172 Å². The van der Waals surface area contributed by atoms with Gasteiger partial charge < -0.3 is 31.9 Å². The van der Waals surface area contributed by atoms with Crippen LogP contribution in [0.4, 0.5) is 11.9 Å². The molecule has 1 amide bonds. The number of aromatic nitrogens is 3. The number of nitrogens with two attached hydrogens (primary N) is 1. The Morgan fingerprint density at radius 2 is 1.76 bits per heavy atom. The van der Waals surface area contributed by atoms with E-state index < -0.39 is 29.9 Å². The van der Waals surface area contributed by atoms with E-state index in [1.807, 2.05) is 20.8 Å². The lowest BCUT2D eigenvalue weighted by molar-refractivity contribution is -0.141. The number of thioether (sulfide) groups is 1. The molecule has 13 heteroatoms. The molecule has 0 unspecified atom stereocenters. The number of carbonyl (C=O) groups excluding carboxylic acids is 1. The Balaban J connectivity index is 2.75. The highest BCUT2D eigenvalue weighted by atomic mass is 32.2. The lowest BCUT2D eigenvalue weighted by Crippen LogP contribution is -2.43. The number of rotatable bonds is 13. The molecule has 12 nitrogen and oxygen atoms in total. The Bertz CT molecular complexity index is 719. The molecule has 0 spiro atoms. The highest BCUT2D eigenvalue weighted by Gasteiger charge is 2.22. The molecular formula is C16H27N7O5S. The van der Waals surface area contributed by atoms with Gasteiger partial charge in [0, 0.05) is 24.8 Å². The van der Waals surface area contributed by atoms with Crippen LogP contribution < -0.4 is 21.7 Å². The molecule has 1 aromatic heterocycles. The van der Waals surface area contributed by atoms with Crippen molar-refractivity contribution in [3.63, 3.8) is 0 Å². The Hall–Kier alpha value is -2.67. The molecule has 1 heterocycles. The van der Waals surface area contributed by atoms with Gasteiger partial charge in [0.05, 0.1) is 0 Å². The first-order valence-corrected chi connectivity index (χ1v) is 10.0. The van der Waals surface area contributed by atoms with Gasteiger partial charge in [0.1, 0.15) is 12.1 Å². The van der Waals surface area contributed by atoms with Gasteiger partial charge >= 0.3 is 11.9 Å². The number of nitrogens with one attached hydrogen (secondary N) is 3. The quantitative estimate of drug-likeness (QED) is 0.230. The predicted molar refractivity (Wildman–Crippen MR) is 108 cm³/mol. The van der Waals surface area contributed by atoms with E-state index >= 15 is 0 Å². The standard InChI is InChI=1S/C16H27N7O5S/c1-4-18-14-21-15(19-8(2)3)23-16(22-14)29-7-10(13(27)28)20-11(24)6-5-9(17)12(25)26/h8-10H,4-7,17H2,1-3H3,(H,20,24)(H,25,26)(H,27,28)(H2,18,19,21,22,23)/t9-,10-/m0/s1. The van der Waals surface area contributed by atoms with Crippen molar-refractivity contribution in [2.24, 2.45) is 5.73 Å². The third-order valence-corrected chi connectivity index (χ3v) is 4.32. The first kappa shape index (κ1) is 24.4. The topological polar surface area (TPSA) is 192 Å². The van der Waals surface area contributed by atoms with E-state index in [0.717, 1.165) is 11.8 Å². The van der Waals surface area contributed by atoms with Crippen molar-refractivity contribution in [1.82, 2.24) is 20.3 Å². The maximum atomic E-state index is 11.9. The lowest BCUT2D eigenvalue weighted by Gasteiger charge is -2.15. The van der Waals surface area contributed by atoms with Gasteiger partial charge in [0.25, 0.3) is 0 Å². The van der Waals surface area contributed by atoms with Gasteiger partial charge in [-0.25, -0.2) is 4.79 Å². The van der Waals surface area contributed by atoms with Crippen LogP contribution in [-0.4, -0.2) is 73.4 Å². The summed E-state index contributed by atoms with van der Waals surface area (Å²) < 4.78 is 0. The average molecular weight is 430 g/mol. The van der Waals surface area contributed by atoms with Gasteiger partial charge in [-0.2, -0.15) is 15.0 Å². The maximum Gasteiger partial charge on any atom is 0.327 e. The van der Waals surface area contributed by atoms with E-state index in [1.54, 1.807) is 0 Å². The van der Waals surface area contributed by atoms with Gasteiger partial charge in [0.2, 0.25) is 17.8 Å². The van der Waals surface area contributed by atoms with Crippen LogP contribution in [0.1, 0.15) is 33.6 Å². The van der Waals surface area contributed by atoms with Gasteiger partial charge in [-0.15, -0.1) is 0 Å². The molecule has 1 rings (SSSR count). The van der Waals surface area contributed by atoms with E-state index in [1.165, 1.54) is 0 Å². The summed E-state index contributed by atoms with van der Waals surface area (Å²) >= 11 is 1.05. The first-order valence-electron chi connectivity index (χ1n) is 9.02. The number of carboxylic acid groups (broad SMARTS) is 2. The molecule has 0 radical (unpaired) electrons. The van der Waals surface area contributed by atoms with Gasteiger partial charge in [-0.3, -0.25) is 9.59 Å². The zero-order valence-electron chi connectivity index (χ0n) is 16.5. The summed E-state index contributed by atoms with van der Waals surface area (Å²) in [6.45, 7) is 6.34. The van der Waals surface area contributed by atoms with E-state index in [9.17, 15) is 19.5 Å². The maximum absolute atomic E-state index is 11.9. The van der Waals surface area contributed by atoms with Crippen molar-refractivity contribution < 1.29 is 24.6 Å². The van der Waals surface area contributed by atoms with Crippen molar-refractivity contribution in [2.75, 3.05) is 22.9 Å². The summed E-state index contributed by atoms with van der Waals surface area (Å²) in [7, 11) is 0. The third kappa shape index (κ3) is 9.38. The average Bonchev–Trinajstić information content (AvgIpc) is 2.62. The number of amides is 1. The molecule has 0 aliphatic heterocycles. The molecule has 0 aliphatic carbocycles. The van der Waals surface area contributed by atoms with Crippen molar-refractivity contribution in [1.29, 1.82) is 0 Å². The summed E-state index contributed by atoms with van der Waals surface area (Å²) in [5, 5.41) is 26.8. The molecule has 0 aromatic carbocycles. The molecule has 2 atom stereocenters. The fourth-order valence-electron chi connectivity index (χ4n) is 1.99. The smallest absolute Gasteiger partial charge is 0.327 e. The zero-order valence-corrected chi connectivity index (χ0v) is 17.3. The van der Waals surface area contributed by atoms with Crippen LogP contribution in [0.3, 0.4) is 0 Å². The number of hydrogen-bond donors (Lipinski definition) is 6. The number of anilines is 2. The fourth-order valence-corrected chi connectivity index (χ4v) is 2.83. The molecule has 162 valence electrons. The molecule has 29 heavy (non-hydrogen) atoms. The second-order valence-corrected chi connectivity index (χ2v) is 7.33. The summed E-state index contributed by atoms with van der Waals surface area (Å²) in [5.41, 5.74) is 5.34. The van der Waals surface area contributed by atoms with Crippen molar-refractivity contribution >= 4 is 41.5 Å². The lowest BCUT2D eigenvalue weighted by atomic mass is 10.1. The second-order valence-electron chi connectivity index (χ2n) is 6.35. The largest absolute Gasteiger partial charge is 0.480 e. The Kier molecular flexibility index (Phi) is 10.1.